The highest BCUT2D eigenvalue weighted by Gasteiger charge is 2.43. The van der Waals surface area contributed by atoms with E-state index < -0.39 is 11.9 Å². The molecule has 5 rings (SSSR count). The Morgan fingerprint density at radius 2 is 1.91 bits per heavy atom. The van der Waals surface area contributed by atoms with Gasteiger partial charge in [-0.25, -0.2) is 4.98 Å². The van der Waals surface area contributed by atoms with Gasteiger partial charge in [-0.2, -0.15) is 0 Å². The molecule has 1 aliphatic rings. The summed E-state index contributed by atoms with van der Waals surface area (Å²) in [6.45, 7) is 0.278. The molecule has 4 aromatic rings. The number of alkyl halides is 3. The molecule has 0 radical (unpaired) electrons. The second-order valence-corrected chi connectivity index (χ2v) is 7.49. The Morgan fingerprint density at radius 3 is 2.70 bits per heavy atom. The largest absolute Gasteiger partial charge is 0.573 e. The van der Waals surface area contributed by atoms with Gasteiger partial charge in [0.25, 0.3) is 5.91 Å². The second-order valence-electron chi connectivity index (χ2n) is 7.49. The maximum atomic E-state index is 13.3. The Kier molecular flexibility index (Phi) is 4.92. The number of aromatic nitrogens is 3. The first-order valence-electron chi connectivity index (χ1n) is 10.0. The van der Waals surface area contributed by atoms with E-state index in [2.05, 4.69) is 20.0 Å². The minimum atomic E-state index is -4.80. The topological polar surface area (TPSA) is 77.8 Å². The van der Waals surface area contributed by atoms with E-state index in [-0.39, 0.29) is 18.3 Å². The van der Waals surface area contributed by atoms with Gasteiger partial charge < -0.3 is 19.2 Å². The molecule has 0 spiro atoms. The Balaban J connectivity index is 1.56. The summed E-state index contributed by atoms with van der Waals surface area (Å²) in [5, 5.41) is 3.07. The molecule has 0 saturated carbocycles. The average Bonchev–Trinajstić information content (AvgIpc) is 3.27. The third kappa shape index (κ3) is 3.95. The molecule has 1 atom stereocenters. The van der Waals surface area contributed by atoms with Crippen LogP contribution in [-0.2, 0) is 5.54 Å². The zero-order valence-corrected chi connectivity index (χ0v) is 17.0. The fourth-order valence-electron chi connectivity index (χ4n) is 4.00. The van der Waals surface area contributed by atoms with E-state index >= 15 is 0 Å². The Hall–Kier alpha value is -4.08. The van der Waals surface area contributed by atoms with Crippen molar-refractivity contribution < 1.29 is 27.4 Å². The van der Waals surface area contributed by atoms with Crippen molar-refractivity contribution in [1.82, 2.24) is 19.7 Å². The van der Waals surface area contributed by atoms with Gasteiger partial charge in [0.15, 0.2) is 0 Å². The fourth-order valence-corrected chi connectivity index (χ4v) is 4.00. The van der Waals surface area contributed by atoms with E-state index in [1.54, 1.807) is 53.5 Å². The number of carbonyl (C=O) groups is 1. The minimum absolute atomic E-state index is 0.278. The van der Waals surface area contributed by atoms with Crippen molar-refractivity contribution in [3.63, 3.8) is 0 Å². The molecule has 33 heavy (non-hydrogen) atoms. The molecule has 3 aromatic heterocycles. The number of hydrogen-bond acceptors (Lipinski definition) is 5. The lowest BCUT2D eigenvalue weighted by atomic mass is 9.81. The number of ether oxygens (including phenoxy) is 2. The molecular weight excluding hydrogens is 437 g/mol. The molecule has 0 unspecified atom stereocenters. The molecule has 1 N–H and O–H groups in total. The van der Waals surface area contributed by atoms with Crippen molar-refractivity contribution in [2.75, 3.05) is 6.61 Å². The molecule has 0 fully saturated rings. The lowest BCUT2D eigenvalue weighted by Crippen LogP contribution is -2.50. The van der Waals surface area contributed by atoms with E-state index in [1.165, 1.54) is 24.3 Å². The number of nitrogens with zero attached hydrogens (tertiary/aromatic N) is 3. The maximum absolute atomic E-state index is 13.3. The van der Waals surface area contributed by atoms with Crippen LogP contribution in [0, 0.1) is 0 Å². The lowest BCUT2D eigenvalue weighted by Gasteiger charge is -2.39. The van der Waals surface area contributed by atoms with E-state index in [9.17, 15) is 18.0 Å². The van der Waals surface area contributed by atoms with Crippen molar-refractivity contribution in [1.29, 1.82) is 0 Å². The molecule has 4 heterocycles. The molecule has 1 aliphatic heterocycles. The van der Waals surface area contributed by atoms with Gasteiger partial charge in [-0.1, -0.05) is 12.1 Å². The number of imidazole rings is 1. The SMILES string of the molecule is O=C(N[C@]1(c2ccc(OC(F)(F)F)cc2)CCOc2cccnc21)c1ccc2nccn2c1. The van der Waals surface area contributed by atoms with Crippen LogP contribution in [0.15, 0.2) is 73.3 Å². The van der Waals surface area contributed by atoms with E-state index in [1.807, 2.05) is 0 Å². The standard InChI is InChI=1S/C23H17F3N4O3/c24-23(25,26)33-17-6-4-16(5-7-17)22(9-13-32-18-2-1-10-28-20(18)22)29-21(31)15-3-8-19-27-11-12-30(19)14-15/h1-8,10-12,14H,9,13H2,(H,29,31)/t22-/m0/s1. The zero-order valence-electron chi connectivity index (χ0n) is 17.0. The van der Waals surface area contributed by atoms with Crippen LogP contribution in [0.25, 0.3) is 5.65 Å². The molecule has 7 nitrogen and oxygen atoms in total. The molecule has 0 saturated heterocycles. The predicted octanol–water partition coefficient (Wildman–Crippen LogP) is 4.08. The highest BCUT2D eigenvalue weighted by atomic mass is 19.4. The summed E-state index contributed by atoms with van der Waals surface area (Å²) in [5.74, 6) is -0.240. The summed E-state index contributed by atoms with van der Waals surface area (Å²) in [4.78, 5) is 22.0. The number of carbonyl (C=O) groups excluding carboxylic acids is 1. The van der Waals surface area contributed by atoms with Crippen molar-refractivity contribution in [2.45, 2.75) is 18.3 Å². The summed E-state index contributed by atoms with van der Waals surface area (Å²) in [6.07, 6.45) is 2.12. The molecule has 10 heteroatoms. The highest BCUT2D eigenvalue weighted by Crippen LogP contribution is 2.41. The quantitative estimate of drug-likeness (QED) is 0.503. The van der Waals surface area contributed by atoms with Gasteiger partial charge in [-0.15, -0.1) is 13.2 Å². The maximum Gasteiger partial charge on any atom is 0.573 e. The summed E-state index contributed by atoms with van der Waals surface area (Å²) >= 11 is 0. The number of halogens is 3. The second kappa shape index (κ2) is 7.80. The van der Waals surface area contributed by atoms with Crippen LogP contribution in [-0.4, -0.2) is 33.2 Å². The fraction of sp³-hybridized carbons (Fsp3) is 0.174. The lowest BCUT2D eigenvalue weighted by molar-refractivity contribution is -0.274. The normalized spacial score (nSPS) is 17.8. The molecule has 1 aromatic carbocycles. The van der Waals surface area contributed by atoms with Crippen molar-refractivity contribution >= 4 is 11.6 Å². The van der Waals surface area contributed by atoms with Gasteiger partial charge in [0.2, 0.25) is 0 Å². The van der Waals surface area contributed by atoms with Crippen LogP contribution >= 0.6 is 0 Å². The Labute approximate surface area is 185 Å². The molecule has 0 bridgehead atoms. The minimum Gasteiger partial charge on any atom is -0.491 e. The van der Waals surface area contributed by atoms with Crippen LogP contribution < -0.4 is 14.8 Å². The Morgan fingerprint density at radius 1 is 1.09 bits per heavy atom. The van der Waals surface area contributed by atoms with Gasteiger partial charge in [-0.3, -0.25) is 9.78 Å². The first-order chi connectivity index (χ1) is 15.8. The van der Waals surface area contributed by atoms with Gasteiger partial charge in [0.1, 0.15) is 28.4 Å². The first kappa shape index (κ1) is 20.8. The smallest absolute Gasteiger partial charge is 0.491 e. The number of benzene rings is 1. The summed E-state index contributed by atoms with van der Waals surface area (Å²) in [6, 6.07) is 12.2. The monoisotopic (exact) mass is 454 g/mol. The van der Waals surface area contributed by atoms with E-state index in [0.717, 1.165) is 0 Å². The molecular formula is C23H17F3N4O3. The van der Waals surface area contributed by atoms with Gasteiger partial charge in [0, 0.05) is 31.2 Å². The summed E-state index contributed by atoms with van der Waals surface area (Å²) in [5.41, 5.74) is 0.989. The van der Waals surface area contributed by atoms with Gasteiger partial charge in [-0.05, 0) is 42.0 Å². The number of rotatable bonds is 4. The third-order valence-electron chi connectivity index (χ3n) is 5.47. The predicted molar refractivity (Wildman–Crippen MR) is 111 cm³/mol. The van der Waals surface area contributed by atoms with Crippen LogP contribution in [0.3, 0.4) is 0 Å². The van der Waals surface area contributed by atoms with Crippen LogP contribution in [0.2, 0.25) is 0 Å². The van der Waals surface area contributed by atoms with Gasteiger partial charge >= 0.3 is 6.36 Å². The highest BCUT2D eigenvalue weighted by molar-refractivity contribution is 5.95. The van der Waals surface area contributed by atoms with E-state index in [4.69, 9.17) is 4.74 Å². The number of pyridine rings is 2. The zero-order chi connectivity index (χ0) is 23.1. The van der Waals surface area contributed by atoms with Gasteiger partial charge in [0.05, 0.1) is 12.2 Å². The summed E-state index contributed by atoms with van der Waals surface area (Å²) < 4.78 is 49.3. The average molecular weight is 454 g/mol. The van der Waals surface area contributed by atoms with Crippen LogP contribution in [0.1, 0.15) is 28.0 Å². The van der Waals surface area contributed by atoms with E-state index in [0.29, 0.717) is 34.6 Å². The Bertz CT molecular complexity index is 1320. The number of hydrogen-bond donors (Lipinski definition) is 1. The van der Waals surface area contributed by atoms with Crippen LogP contribution in [0.4, 0.5) is 13.2 Å². The molecule has 0 aliphatic carbocycles. The molecule has 168 valence electrons. The first-order valence-corrected chi connectivity index (χ1v) is 10.0. The third-order valence-corrected chi connectivity index (χ3v) is 5.47. The number of nitrogens with one attached hydrogen (secondary N) is 1. The summed E-state index contributed by atoms with van der Waals surface area (Å²) in [7, 11) is 0. The van der Waals surface area contributed by atoms with Crippen molar-refractivity contribution in [3.8, 4) is 11.5 Å². The molecule has 1 amide bonds. The van der Waals surface area contributed by atoms with Crippen molar-refractivity contribution in [2.24, 2.45) is 0 Å². The van der Waals surface area contributed by atoms with Crippen LogP contribution in [0.5, 0.6) is 11.5 Å². The number of fused-ring (bicyclic) bond motifs is 2. The number of amides is 1. The van der Waals surface area contributed by atoms with Crippen molar-refractivity contribution in [3.05, 3.63) is 90.1 Å².